The van der Waals surface area contributed by atoms with E-state index in [1.807, 2.05) is 12.1 Å². The molecule has 1 amide bonds. The van der Waals surface area contributed by atoms with Crippen molar-refractivity contribution in [3.8, 4) is 0 Å². The number of hydrogen-bond donors (Lipinski definition) is 2. The van der Waals surface area contributed by atoms with E-state index in [1.54, 1.807) is 0 Å². The van der Waals surface area contributed by atoms with Crippen molar-refractivity contribution in [1.82, 2.24) is 0 Å². The number of likely N-dealkylation sites (tertiary alicyclic amines) is 1. The number of morpholine rings is 1. The van der Waals surface area contributed by atoms with Crippen molar-refractivity contribution in [3.05, 3.63) is 24.3 Å². The monoisotopic (exact) mass is 372 g/mol. The van der Waals surface area contributed by atoms with E-state index in [-0.39, 0.29) is 11.9 Å². The summed E-state index contributed by atoms with van der Waals surface area (Å²) in [5, 5.41) is 3.14. The maximum atomic E-state index is 12.8. The number of rotatable bonds is 4. The zero-order valence-corrected chi connectivity index (χ0v) is 16.6. The van der Waals surface area contributed by atoms with Crippen molar-refractivity contribution in [2.45, 2.75) is 45.1 Å². The minimum atomic E-state index is 0.0202. The molecule has 4 atom stereocenters. The van der Waals surface area contributed by atoms with Crippen LogP contribution in [0.3, 0.4) is 0 Å². The third-order valence-corrected chi connectivity index (χ3v) is 6.94. The molecular formula is C22H34N3O2+. The predicted molar refractivity (Wildman–Crippen MR) is 108 cm³/mol. The number of ether oxygens (including phenoxy) is 1. The van der Waals surface area contributed by atoms with Gasteiger partial charge in [-0.2, -0.15) is 0 Å². The van der Waals surface area contributed by atoms with Crippen molar-refractivity contribution >= 4 is 17.3 Å². The number of carbonyl (C=O) groups is 1. The Hall–Kier alpha value is -1.59. The van der Waals surface area contributed by atoms with E-state index in [4.69, 9.17) is 4.74 Å². The lowest BCUT2D eigenvalue weighted by Crippen LogP contribution is -3.18. The first kappa shape index (κ1) is 18.8. The number of hydrogen-bond acceptors (Lipinski definition) is 3. The Morgan fingerprint density at radius 2 is 1.81 bits per heavy atom. The van der Waals surface area contributed by atoms with E-state index >= 15 is 0 Å². The number of carbonyl (C=O) groups excluding carboxylic acids is 1. The van der Waals surface area contributed by atoms with Gasteiger partial charge in [0, 0.05) is 30.4 Å². The van der Waals surface area contributed by atoms with Crippen molar-refractivity contribution in [3.63, 3.8) is 0 Å². The molecule has 0 spiro atoms. The van der Waals surface area contributed by atoms with Gasteiger partial charge in [0.25, 0.3) is 5.91 Å². The van der Waals surface area contributed by atoms with Crippen LogP contribution < -0.4 is 15.1 Å². The minimum Gasteiger partial charge on any atom is -0.378 e. The molecule has 0 bridgehead atoms. The molecule has 1 aromatic rings. The van der Waals surface area contributed by atoms with Gasteiger partial charge in [-0.05, 0) is 56.4 Å². The first-order chi connectivity index (χ1) is 13.2. The lowest BCUT2D eigenvalue weighted by Gasteiger charge is -2.40. The molecule has 3 fully saturated rings. The molecule has 1 saturated carbocycles. The molecule has 3 aliphatic rings. The fourth-order valence-corrected chi connectivity index (χ4v) is 5.15. The Kier molecular flexibility index (Phi) is 5.98. The van der Waals surface area contributed by atoms with Gasteiger partial charge in [0.1, 0.15) is 0 Å². The number of fused-ring (bicyclic) bond motifs is 1. The molecule has 0 aromatic heterocycles. The summed E-state index contributed by atoms with van der Waals surface area (Å²) >= 11 is 0. The molecule has 2 aliphatic heterocycles. The summed E-state index contributed by atoms with van der Waals surface area (Å²) in [4.78, 5) is 16.6. The lowest BCUT2D eigenvalue weighted by atomic mass is 9.75. The average Bonchev–Trinajstić information content (AvgIpc) is 2.74. The van der Waals surface area contributed by atoms with Gasteiger partial charge in [-0.15, -0.1) is 0 Å². The fraction of sp³-hybridized carbons (Fsp3) is 0.682. The van der Waals surface area contributed by atoms with Gasteiger partial charge in [0.05, 0.1) is 26.3 Å². The van der Waals surface area contributed by atoms with Crippen molar-refractivity contribution in [1.29, 1.82) is 0 Å². The Labute approximate surface area is 163 Å². The molecule has 0 radical (unpaired) electrons. The van der Waals surface area contributed by atoms with E-state index in [9.17, 15) is 4.79 Å². The molecule has 2 saturated heterocycles. The summed E-state index contributed by atoms with van der Waals surface area (Å²) in [7, 11) is 0. The highest BCUT2D eigenvalue weighted by Gasteiger charge is 2.37. The van der Waals surface area contributed by atoms with E-state index in [2.05, 4.69) is 29.3 Å². The average molecular weight is 373 g/mol. The van der Waals surface area contributed by atoms with Crippen LogP contribution in [0.2, 0.25) is 0 Å². The van der Waals surface area contributed by atoms with Gasteiger partial charge in [0.2, 0.25) is 0 Å². The first-order valence-electron chi connectivity index (χ1n) is 10.8. The van der Waals surface area contributed by atoms with Crippen LogP contribution in [-0.2, 0) is 9.53 Å². The van der Waals surface area contributed by atoms with Crippen LogP contribution in [-0.4, -0.2) is 51.3 Å². The molecule has 4 rings (SSSR count). The highest BCUT2D eigenvalue weighted by Crippen LogP contribution is 2.32. The highest BCUT2D eigenvalue weighted by atomic mass is 16.5. The van der Waals surface area contributed by atoms with Crippen LogP contribution in [0.1, 0.15) is 39.0 Å². The molecule has 1 aromatic carbocycles. The Balaban J connectivity index is 1.31. The van der Waals surface area contributed by atoms with Crippen LogP contribution >= 0.6 is 0 Å². The van der Waals surface area contributed by atoms with Gasteiger partial charge in [-0.3, -0.25) is 4.79 Å². The van der Waals surface area contributed by atoms with E-state index in [1.165, 1.54) is 49.2 Å². The van der Waals surface area contributed by atoms with Crippen molar-refractivity contribution in [2.24, 2.45) is 11.8 Å². The van der Waals surface area contributed by atoms with Crippen molar-refractivity contribution in [2.75, 3.05) is 49.6 Å². The van der Waals surface area contributed by atoms with Crippen LogP contribution in [0, 0.1) is 11.8 Å². The van der Waals surface area contributed by atoms with E-state index in [0.717, 1.165) is 50.4 Å². The summed E-state index contributed by atoms with van der Waals surface area (Å²) < 4.78 is 5.41. The standard InChI is InChI=1S/C22H33N3O2/c1-17(25-11-10-18-4-2-3-5-19(18)16-25)22(26)23-20-6-8-21(9-7-20)24-12-14-27-15-13-24/h6-9,17-19H,2-5,10-16H2,1H3,(H,23,26)/p+1/t17-,18-,19+/m0/s1. The number of anilines is 2. The molecule has 1 unspecified atom stereocenters. The summed E-state index contributed by atoms with van der Waals surface area (Å²) in [6.45, 7) is 7.86. The number of amides is 1. The number of nitrogens with one attached hydrogen (secondary N) is 2. The van der Waals surface area contributed by atoms with E-state index in [0.29, 0.717) is 0 Å². The van der Waals surface area contributed by atoms with Crippen LogP contribution in [0.5, 0.6) is 0 Å². The molecule has 5 heteroatoms. The Bertz CT molecular complexity index is 627. The predicted octanol–water partition coefficient (Wildman–Crippen LogP) is 1.95. The zero-order valence-electron chi connectivity index (χ0n) is 16.6. The molecule has 5 nitrogen and oxygen atoms in total. The third-order valence-electron chi connectivity index (χ3n) is 6.94. The minimum absolute atomic E-state index is 0.0202. The Morgan fingerprint density at radius 1 is 1.11 bits per heavy atom. The second kappa shape index (κ2) is 8.61. The maximum Gasteiger partial charge on any atom is 0.282 e. The van der Waals surface area contributed by atoms with Crippen LogP contribution in [0.15, 0.2) is 24.3 Å². The first-order valence-corrected chi connectivity index (χ1v) is 10.8. The summed E-state index contributed by atoms with van der Waals surface area (Å²) in [5.41, 5.74) is 2.10. The third kappa shape index (κ3) is 4.46. The maximum absolute atomic E-state index is 12.8. The molecule has 2 heterocycles. The number of benzene rings is 1. The van der Waals surface area contributed by atoms with Gasteiger partial charge in [-0.1, -0.05) is 12.8 Å². The highest BCUT2D eigenvalue weighted by molar-refractivity contribution is 5.93. The molecular weight excluding hydrogens is 338 g/mol. The van der Waals surface area contributed by atoms with E-state index < -0.39 is 0 Å². The number of piperidine rings is 1. The topological polar surface area (TPSA) is 46.0 Å². The normalized spacial score (nSPS) is 29.7. The molecule has 1 aliphatic carbocycles. The van der Waals surface area contributed by atoms with Gasteiger partial charge in [-0.25, -0.2) is 0 Å². The molecule has 27 heavy (non-hydrogen) atoms. The fourth-order valence-electron chi connectivity index (χ4n) is 5.15. The quantitative estimate of drug-likeness (QED) is 0.849. The van der Waals surface area contributed by atoms with Crippen LogP contribution in [0.25, 0.3) is 0 Å². The molecule has 2 N–H and O–H groups in total. The molecule has 148 valence electrons. The summed E-state index contributed by atoms with van der Waals surface area (Å²) in [6.07, 6.45) is 6.86. The van der Waals surface area contributed by atoms with Crippen molar-refractivity contribution < 1.29 is 14.4 Å². The zero-order chi connectivity index (χ0) is 18.6. The summed E-state index contributed by atoms with van der Waals surface area (Å²) in [6, 6.07) is 8.28. The SMILES string of the molecule is C[C@@H](C(=O)Nc1ccc(N2CCOCC2)cc1)[NH+]1CC[C@@H]2CCCC[C@@H]2C1. The second-order valence-electron chi connectivity index (χ2n) is 8.56. The smallest absolute Gasteiger partial charge is 0.282 e. The number of quaternary nitrogens is 1. The van der Waals surface area contributed by atoms with Gasteiger partial charge >= 0.3 is 0 Å². The largest absolute Gasteiger partial charge is 0.378 e. The van der Waals surface area contributed by atoms with Gasteiger partial charge in [0.15, 0.2) is 6.04 Å². The number of nitrogens with zero attached hydrogens (tertiary/aromatic N) is 1. The van der Waals surface area contributed by atoms with Gasteiger partial charge < -0.3 is 19.9 Å². The van der Waals surface area contributed by atoms with Crippen LogP contribution in [0.4, 0.5) is 11.4 Å². The summed E-state index contributed by atoms with van der Waals surface area (Å²) in [5.74, 6) is 1.91. The Morgan fingerprint density at radius 3 is 2.56 bits per heavy atom. The lowest BCUT2D eigenvalue weighted by molar-refractivity contribution is -0.924. The second-order valence-corrected chi connectivity index (χ2v) is 8.56.